The molecular formula is C17H32N2O2. The van der Waals surface area contributed by atoms with Crippen LogP contribution in [0.5, 0.6) is 0 Å². The summed E-state index contributed by atoms with van der Waals surface area (Å²) in [7, 11) is 0. The third-order valence-corrected chi connectivity index (χ3v) is 5.84. The number of ether oxygens (including phenoxy) is 1. The second kappa shape index (κ2) is 5.54. The smallest absolute Gasteiger partial charge is 0.243 e. The van der Waals surface area contributed by atoms with Crippen LogP contribution in [-0.2, 0) is 9.53 Å². The van der Waals surface area contributed by atoms with Gasteiger partial charge in [0.15, 0.2) is 0 Å². The van der Waals surface area contributed by atoms with Crippen LogP contribution in [0.15, 0.2) is 0 Å². The van der Waals surface area contributed by atoms with Gasteiger partial charge in [-0.25, -0.2) is 0 Å². The van der Waals surface area contributed by atoms with E-state index in [9.17, 15) is 4.79 Å². The minimum atomic E-state index is -0.763. The maximum absolute atomic E-state index is 13.0. The first-order valence-electron chi connectivity index (χ1n) is 8.34. The minimum absolute atomic E-state index is 0.0971. The Bertz CT molecular complexity index is 406. The molecule has 2 aliphatic rings. The van der Waals surface area contributed by atoms with E-state index in [0.29, 0.717) is 18.4 Å². The molecule has 1 heterocycles. The second-order valence-corrected chi connectivity index (χ2v) is 8.15. The summed E-state index contributed by atoms with van der Waals surface area (Å²) >= 11 is 0. The Balaban J connectivity index is 2.06. The normalized spacial score (nSPS) is 35.0. The van der Waals surface area contributed by atoms with Crippen molar-refractivity contribution in [3.05, 3.63) is 0 Å². The number of carbonyl (C=O) groups excluding carboxylic acids is 1. The van der Waals surface area contributed by atoms with Crippen LogP contribution in [0, 0.1) is 10.8 Å². The lowest BCUT2D eigenvalue weighted by Crippen LogP contribution is -2.76. The van der Waals surface area contributed by atoms with E-state index in [1.54, 1.807) is 0 Å². The zero-order chi connectivity index (χ0) is 15.9. The lowest BCUT2D eigenvalue weighted by Gasteiger charge is -2.58. The van der Waals surface area contributed by atoms with Crippen molar-refractivity contribution in [3.8, 4) is 0 Å². The molecule has 2 unspecified atom stereocenters. The SMILES string of the molecule is CCOC1CC(N)(C(=O)N2CCCC(C)(C)CC2)C1(C)C. The summed E-state index contributed by atoms with van der Waals surface area (Å²) < 4.78 is 5.73. The molecule has 1 aliphatic carbocycles. The molecule has 0 bridgehead atoms. The molecule has 2 atom stereocenters. The number of nitrogens with zero attached hydrogens (tertiary/aromatic N) is 1. The Morgan fingerprint density at radius 3 is 2.48 bits per heavy atom. The van der Waals surface area contributed by atoms with Gasteiger partial charge in [0.1, 0.15) is 5.54 Å². The molecule has 0 aromatic carbocycles. The van der Waals surface area contributed by atoms with E-state index in [0.717, 1.165) is 25.9 Å². The van der Waals surface area contributed by atoms with Gasteiger partial charge in [0.25, 0.3) is 0 Å². The predicted octanol–water partition coefficient (Wildman–Crippen LogP) is 2.56. The molecule has 4 nitrogen and oxygen atoms in total. The Labute approximate surface area is 129 Å². The highest BCUT2D eigenvalue weighted by Crippen LogP contribution is 2.50. The van der Waals surface area contributed by atoms with Gasteiger partial charge in [-0.2, -0.15) is 0 Å². The highest BCUT2D eigenvalue weighted by molar-refractivity contribution is 5.89. The van der Waals surface area contributed by atoms with Crippen LogP contribution < -0.4 is 5.73 Å². The van der Waals surface area contributed by atoms with Crippen molar-refractivity contribution in [2.45, 2.75) is 71.9 Å². The molecule has 2 rings (SSSR count). The standard InChI is InChI=1S/C17H32N2O2/c1-6-21-13-12-17(18,16(13,4)5)14(20)19-10-7-8-15(2,3)9-11-19/h13H,6-12,18H2,1-5H3. The van der Waals surface area contributed by atoms with Crippen molar-refractivity contribution >= 4 is 5.91 Å². The Hall–Kier alpha value is -0.610. The summed E-state index contributed by atoms with van der Waals surface area (Å²) in [5, 5.41) is 0. The number of amides is 1. The average Bonchev–Trinajstić information content (AvgIpc) is 2.58. The molecule has 1 saturated heterocycles. The fourth-order valence-corrected chi connectivity index (χ4v) is 3.71. The fraction of sp³-hybridized carbons (Fsp3) is 0.941. The summed E-state index contributed by atoms with van der Waals surface area (Å²) in [5.41, 5.74) is 5.80. The zero-order valence-electron chi connectivity index (χ0n) is 14.4. The van der Waals surface area contributed by atoms with Crippen LogP contribution in [0.4, 0.5) is 0 Å². The molecule has 0 aromatic rings. The molecule has 1 saturated carbocycles. The van der Waals surface area contributed by atoms with Gasteiger partial charge in [0, 0.05) is 31.5 Å². The molecule has 1 aliphatic heterocycles. The highest BCUT2D eigenvalue weighted by Gasteiger charge is 2.63. The molecule has 4 heteroatoms. The fourth-order valence-electron chi connectivity index (χ4n) is 3.71. The van der Waals surface area contributed by atoms with Crippen molar-refractivity contribution < 1.29 is 9.53 Å². The van der Waals surface area contributed by atoms with E-state index in [1.807, 2.05) is 11.8 Å². The highest BCUT2D eigenvalue weighted by atomic mass is 16.5. The number of carbonyl (C=O) groups is 1. The van der Waals surface area contributed by atoms with E-state index in [-0.39, 0.29) is 17.4 Å². The first-order chi connectivity index (χ1) is 9.64. The van der Waals surface area contributed by atoms with Crippen LogP contribution in [-0.4, -0.2) is 42.1 Å². The topological polar surface area (TPSA) is 55.6 Å². The minimum Gasteiger partial charge on any atom is -0.378 e. The Kier molecular flexibility index (Phi) is 4.42. The van der Waals surface area contributed by atoms with Gasteiger partial charge in [-0.3, -0.25) is 4.79 Å². The number of hydrogen-bond acceptors (Lipinski definition) is 3. The lowest BCUT2D eigenvalue weighted by molar-refractivity contribution is -0.179. The van der Waals surface area contributed by atoms with Crippen molar-refractivity contribution in [2.24, 2.45) is 16.6 Å². The first-order valence-corrected chi connectivity index (χ1v) is 8.34. The third-order valence-electron chi connectivity index (χ3n) is 5.84. The van der Waals surface area contributed by atoms with Crippen molar-refractivity contribution in [3.63, 3.8) is 0 Å². The number of nitrogens with two attached hydrogens (primary N) is 1. The lowest BCUT2D eigenvalue weighted by atomic mass is 9.54. The van der Waals surface area contributed by atoms with Crippen LogP contribution in [0.3, 0.4) is 0 Å². The van der Waals surface area contributed by atoms with Gasteiger partial charge >= 0.3 is 0 Å². The molecule has 0 radical (unpaired) electrons. The monoisotopic (exact) mass is 296 g/mol. The molecule has 21 heavy (non-hydrogen) atoms. The van der Waals surface area contributed by atoms with Crippen LogP contribution in [0.1, 0.15) is 60.3 Å². The van der Waals surface area contributed by atoms with Crippen LogP contribution in [0.2, 0.25) is 0 Å². The quantitative estimate of drug-likeness (QED) is 0.871. The van der Waals surface area contributed by atoms with Gasteiger partial charge in [0.2, 0.25) is 5.91 Å². The van der Waals surface area contributed by atoms with E-state index in [1.165, 1.54) is 6.42 Å². The molecule has 0 aromatic heterocycles. The van der Waals surface area contributed by atoms with Crippen molar-refractivity contribution in [1.29, 1.82) is 0 Å². The van der Waals surface area contributed by atoms with E-state index >= 15 is 0 Å². The zero-order valence-corrected chi connectivity index (χ0v) is 14.4. The molecule has 0 spiro atoms. The molecule has 122 valence electrons. The number of hydrogen-bond donors (Lipinski definition) is 1. The Morgan fingerprint density at radius 2 is 1.90 bits per heavy atom. The summed E-state index contributed by atoms with van der Waals surface area (Å²) in [4.78, 5) is 15.0. The second-order valence-electron chi connectivity index (χ2n) is 8.15. The van der Waals surface area contributed by atoms with E-state index < -0.39 is 5.54 Å². The largest absolute Gasteiger partial charge is 0.378 e. The average molecular weight is 296 g/mol. The van der Waals surface area contributed by atoms with Crippen LogP contribution in [0.25, 0.3) is 0 Å². The first kappa shape index (κ1) is 16.8. The maximum atomic E-state index is 13.0. The number of rotatable bonds is 3. The summed E-state index contributed by atoms with van der Waals surface area (Å²) in [6.07, 6.45) is 4.06. The summed E-state index contributed by atoms with van der Waals surface area (Å²) in [6.45, 7) is 13.1. The molecule has 1 amide bonds. The van der Waals surface area contributed by atoms with Gasteiger partial charge < -0.3 is 15.4 Å². The maximum Gasteiger partial charge on any atom is 0.243 e. The summed E-state index contributed by atoms with van der Waals surface area (Å²) in [5.74, 6) is 0.126. The van der Waals surface area contributed by atoms with E-state index in [4.69, 9.17) is 10.5 Å². The molecule has 2 N–H and O–H groups in total. The molecule has 2 fully saturated rings. The van der Waals surface area contributed by atoms with Gasteiger partial charge in [-0.15, -0.1) is 0 Å². The summed E-state index contributed by atoms with van der Waals surface area (Å²) in [6, 6.07) is 0. The van der Waals surface area contributed by atoms with Crippen LogP contribution >= 0.6 is 0 Å². The predicted molar refractivity (Wildman–Crippen MR) is 84.9 cm³/mol. The third kappa shape index (κ3) is 2.85. The van der Waals surface area contributed by atoms with Crippen molar-refractivity contribution in [2.75, 3.05) is 19.7 Å². The van der Waals surface area contributed by atoms with E-state index in [2.05, 4.69) is 27.7 Å². The van der Waals surface area contributed by atoms with Gasteiger partial charge in [-0.05, 0) is 31.6 Å². The van der Waals surface area contributed by atoms with Gasteiger partial charge in [0.05, 0.1) is 6.10 Å². The Morgan fingerprint density at radius 1 is 1.24 bits per heavy atom. The number of likely N-dealkylation sites (tertiary alicyclic amines) is 1. The molecular weight excluding hydrogens is 264 g/mol. The van der Waals surface area contributed by atoms with Gasteiger partial charge in [-0.1, -0.05) is 27.7 Å². The van der Waals surface area contributed by atoms with Crippen molar-refractivity contribution in [1.82, 2.24) is 4.90 Å².